The van der Waals surface area contributed by atoms with Crippen LogP contribution in [0.15, 0.2) is 23.8 Å². The van der Waals surface area contributed by atoms with Gasteiger partial charge in [-0.3, -0.25) is 0 Å². The molecule has 0 aromatic rings. The van der Waals surface area contributed by atoms with Crippen molar-refractivity contribution in [3.63, 3.8) is 0 Å². The molecule has 1 aliphatic rings. The van der Waals surface area contributed by atoms with E-state index >= 15 is 0 Å². The van der Waals surface area contributed by atoms with Crippen LogP contribution >= 0.6 is 0 Å². The Hall–Kier alpha value is -1.58. The van der Waals surface area contributed by atoms with E-state index in [1.54, 1.807) is 18.2 Å². The topological polar surface area (TPSA) is 56.8 Å². The van der Waals surface area contributed by atoms with E-state index in [-0.39, 0.29) is 0 Å². The summed E-state index contributed by atoms with van der Waals surface area (Å²) < 4.78 is 5.02. The number of nitrogens with zero attached hydrogens (tertiary/aromatic N) is 2. The maximum absolute atomic E-state index is 8.76. The minimum absolute atomic E-state index is 0.444. The fourth-order valence-corrected chi connectivity index (χ4v) is 0.985. The van der Waals surface area contributed by atoms with Crippen molar-refractivity contribution < 1.29 is 4.74 Å². The average Bonchev–Trinajstić information content (AvgIpc) is 2.18. The Balaban J connectivity index is 2.85. The van der Waals surface area contributed by atoms with Gasteiger partial charge in [0.1, 0.15) is 6.07 Å². The molecule has 0 radical (unpaired) electrons. The molecule has 1 unspecified atom stereocenters. The standard InChI is InChI=1S/C9H8N2O/c1-12-9(7-11)4-2-8(6-10)3-5-9/h2-4H,5H2,1H3. The number of hydrogen-bond acceptors (Lipinski definition) is 3. The third-order valence-electron chi connectivity index (χ3n) is 1.84. The first-order chi connectivity index (χ1) is 5.76. The molecule has 0 aromatic heterocycles. The first-order valence-corrected chi connectivity index (χ1v) is 3.52. The van der Waals surface area contributed by atoms with Crippen molar-refractivity contribution in [2.45, 2.75) is 12.0 Å². The number of methoxy groups -OCH3 is 1. The molecule has 0 saturated carbocycles. The third kappa shape index (κ3) is 1.37. The lowest BCUT2D eigenvalue weighted by atomic mass is 9.94. The highest BCUT2D eigenvalue weighted by Gasteiger charge is 2.27. The summed E-state index contributed by atoms with van der Waals surface area (Å²) in [4.78, 5) is 0. The van der Waals surface area contributed by atoms with Gasteiger partial charge in [-0.05, 0) is 12.2 Å². The molecule has 3 nitrogen and oxygen atoms in total. The van der Waals surface area contributed by atoms with Crippen molar-refractivity contribution in [3.05, 3.63) is 23.8 Å². The van der Waals surface area contributed by atoms with Gasteiger partial charge in [0, 0.05) is 19.1 Å². The molecule has 0 aromatic carbocycles. The molecule has 1 aliphatic carbocycles. The number of ether oxygens (including phenoxy) is 1. The smallest absolute Gasteiger partial charge is 0.176 e. The summed E-state index contributed by atoms with van der Waals surface area (Å²) in [6.45, 7) is 0. The van der Waals surface area contributed by atoms with Gasteiger partial charge in [0.2, 0.25) is 0 Å². The minimum Gasteiger partial charge on any atom is -0.359 e. The Morgan fingerprint density at radius 1 is 1.58 bits per heavy atom. The highest BCUT2D eigenvalue weighted by Crippen LogP contribution is 2.22. The summed E-state index contributed by atoms with van der Waals surface area (Å²) in [5, 5.41) is 17.3. The van der Waals surface area contributed by atoms with E-state index in [2.05, 4.69) is 0 Å². The molecule has 60 valence electrons. The number of allylic oxidation sites excluding steroid dienone is 2. The van der Waals surface area contributed by atoms with Crippen LogP contribution in [0.5, 0.6) is 0 Å². The van der Waals surface area contributed by atoms with Gasteiger partial charge in [0.25, 0.3) is 0 Å². The molecule has 0 fully saturated rings. The first kappa shape index (κ1) is 8.52. The highest BCUT2D eigenvalue weighted by molar-refractivity contribution is 5.40. The summed E-state index contributed by atoms with van der Waals surface area (Å²) in [5.74, 6) is 0. The lowest BCUT2D eigenvalue weighted by Gasteiger charge is -2.21. The van der Waals surface area contributed by atoms with Crippen LogP contribution in [-0.4, -0.2) is 12.7 Å². The molecule has 12 heavy (non-hydrogen) atoms. The summed E-state index contributed by atoms with van der Waals surface area (Å²) in [6, 6.07) is 4.05. The molecular weight excluding hydrogens is 152 g/mol. The number of rotatable bonds is 1. The summed E-state index contributed by atoms with van der Waals surface area (Å²) in [7, 11) is 1.48. The predicted molar refractivity (Wildman–Crippen MR) is 42.8 cm³/mol. The van der Waals surface area contributed by atoms with E-state index in [0.717, 1.165) is 0 Å². The van der Waals surface area contributed by atoms with E-state index in [1.807, 2.05) is 12.1 Å². The van der Waals surface area contributed by atoms with Gasteiger partial charge in [0.15, 0.2) is 5.60 Å². The Kier molecular flexibility index (Phi) is 2.28. The average molecular weight is 160 g/mol. The van der Waals surface area contributed by atoms with Gasteiger partial charge in [-0.2, -0.15) is 10.5 Å². The van der Waals surface area contributed by atoms with Gasteiger partial charge in [-0.15, -0.1) is 0 Å². The Labute approximate surface area is 71.2 Å². The quantitative estimate of drug-likeness (QED) is 0.581. The molecule has 3 heteroatoms. The molecule has 0 amide bonds. The number of hydrogen-bond donors (Lipinski definition) is 0. The zero-order chi connectivity index (χ0) is 9.03. The fraction of sp³-hybridized carbons (Fsp3) is 0.333. The maximum Gasteiger partial charge on any atom is 0.176 e. The lowest BCUT2D eigenvalue weighted by Crippen LogP contribution is -2.27. The molecule has 0 aliphatic heterocycles. The van der Waals surface area contributed by atoms with E-state index in [1.165, 1.54) is 7.11 Å². The molecular formula is C9H8N2O. The van der Waals surface area contributed by atoms with Crippen molar-refractivity contribution in [1.29, 1.82) is 10.5 Å². The zero-order valence-electron chi connectivity index (χ0n) is 6.74. The highest BCUT2D eigenvalue weighted by atomic mass is 16.5. The van der Waals surface area contributed by atoms with Gasteiger partial charge in [0.05, 0.1) is 6.07 Å². The lowest BCUT2D eigenvalue weighted by molar-refractivity contribution is 0.0822. The largest absolute Gasteiger partial charge is 0.359 e. The molecule has 1 atom stereocenters. The summed E-state index contributed by atoms with van der Waals surface area (Å²) in [6.07, 6.45) is 5.37. The Morgan fingerprint density at radius 3 is 2.67 bits per heavy atom. The second-order valence-corrected chi connectivity index (χ2v) is 2.51. The first-order valence-electron chi connectivity index (χ1n) is 3.52. The van der Waals surface area contributed by atoms with Crippen LogP contribution in [0.4, 0.5) is 0 Å². The van der Waals surface area contributed by atoms with Crippen LogP contribution in [0.3, 0.4) is 0 Å². The fourth-order valence-electron chi connectivity index (χ4n) is 0.985. The minimum atomic E-state index is -0.861. The van der Waals surface area contributed by atoms with E-state index < -0.39 is 5.60 Å². The SMILES string of the molecule is COC1(C#N)C=CC(C#N)=CC1. The van der Waals surface area contributed by atoms with Gasteiger partial charge >= 0.3 is 0 Å². The molecule has 0 saturated heterocycles. The Morgan fingerprint density at radius 2 is 2.33 bits per heavy atom. The molecule has 0 bridgehead atoms. The van der Waals surface area contributed by atoms with Crippen LogP contribution in [-0.2, 0) is 4.74 Å². The normalized spacial score (nSPS) is 27.1. The van der Waals surface area contributed by atoms with Crippen molar-refractivity contribution in [1.82, 2.24) is 0 Å². The molecule has 0 N–H and O–H groups in total. The number of nitriles is 2. The maximum atomic E-state index is 8.76. The molecule has 0 heterocycles. The monoisotopic (exact) mass is 160 g/mol. The van der Waals surface area contributed by atoms with E-state index in [4.69, 9.17) is 15.3 Å². The second-order valence-electron chi connectivity index (χ2n) is 2.51. The van der Waals surface area contributed by atoms with Crippen LogP contribution < -0.4 is 0 Å². The Bertz CT molecular complexity index is 316. The van der Waals surface area contributed by atoms with E-state index in [9.17, 15) is 0 Å². The van der Waals surface area contributed by atoms with Crippen molar-refractivity contribution in [2.75, 3.05) is 7.11 Å². The molecule has 0 spiro atoms. The second kappa shape index (κ2) is 3.21. The van der Waals surface area contributed by atoms with E-state index in [0.29, 0.717) is 12.0 Å². The third-order valence-corrected chi connectivity index (χ3v) is 1.84. The van der Waals surface area contributed by atoms with Crippen LogP contribution in [0.25, 0.3) is 0 Å². The predicted octanol–water partition coefficient (Wildman–Crippen LogP) is 1.31. The van der Waals surface area contributed by atoms with Crippen LogP contribution in [0, 0.1) is 22.7 Å². The summed E-state index contributed by atoms with van der Waals surface area (Å²) in [5.41, 5.74) is -0.279. The van der Waals surface area contributed by atoms with Crippen molar-refractivity contribution >= 4 is 0 Å². The van der Waals surface area contributed by atoms with Crippen molar-refractivity contribution in [2.24, 2.45) is 0 Å². The van der Waals surface area contributed by atoms with Crippen LogP contribution in [0.2, 0.25) is 0 Å². The van der Waals surface area contributed by atoms with Crippen molar-refractivity contribution in [3.8, 4) is 12.1 Å². The zero-order valence-corrected chi connectivity index (χ0v) is 6.74. The van der Waals surface area contributed by atoms with Gasteiger partial charge in [-0.25, -0.2) is 0 Å². The van der Waals surface area contributed by atoms with Gasteiger partial charge < -0.3 is 4.74 Å². The summed E-state index contributed by atoms with van der Waals surface area (Å²) >= 11 is 0. The van der Waals surface area contributed by atoms with Crippen LogP contribution in [0.1, 0.15) is 6.42 Å². The van der Waals surface area contributed by atoms with Gasteiger partial charge in [-0.1, -0.05) is 6.08 Å². The molecule has 1 rings (SSSR count).